The number of piperazine rings is 1. The van der Waals surface area contributed by atoms with E-state index in [0.29, 0.717) is 6.61 Å². The Morgan fingerprint density at radius 3 is 2.69 bits per heavy atom. The summed E-state index contributed by atoms with van der Waals surface area (Å²) in [4.78, 5) is 2.18. The van der Waals surface area contributed by atoms with Gasteiger partial charge in [-0.25, -0.2) is 0 Å². The summed E-state index contributed by atoms with van der Waals surface area (Å²) in [6, 6.07) is 0.250. The second-order valence-electron chi connectivity index (χ2n) is 4.54. The van der Waals surface area contributed by atoms with E-state index in [-0.39, 0.29) is 31.4 Å². The van der Waals surface area contributed by atoms with Crippen LogP contribution in [-0.2, 0) is 4.74 Å². The Kier molecular flexibility index (Phi) is 6.23. The van der Waals surface area contributed by atoms with Gasteiger partial charge in [-0.3, -0.25) is 4.90 Å². The predicted molar refractivity (Wildman–Crippen MR) is 62.4 cm³/mol. The molecule has 1 heterocycles. The molecule has 0 saturated carbocycles. The predicted octanol–water partition coefficient (Wildman–Crippen LogP) is -0.962. The van der Waals surface area contributed by atoms with Crippen molar-refractivity contribution in [1.29, 1.82) is 0 Å². The summed E-state index contributed by atoms with van der Waals surface area (Å²) < 4.78 is 5.50. The zero-order chi connectivity index (χ0) is 12.0. The molecule has 5 nitrogen and oxygen atoms in total. The molecule has 1 aliphatic heterocycles. The van der Waals surface area contributed by atoms with Crippen molar-refractivity contribution in [3.8, 4) is 0 Å². The third kappa shape index (κ3) is 4.35. The summed E-state index contributed by atoms with van der Waals surface area (Å²) >= 11 is 0. The number of rotatable bonds is 6. The van der Waals surface area contributed by atoms with Gasteiger partial charge in [0.05, 0.1) is 25.9 Å². The van der Waals surface area contributed by atoms with Gasteiger partial charge in [0, 0.05) is 31.7 Å². The molecule has 0 aromatic heterocycles. The number of nitrogens with one attached hydrogen (secondary N) is 1. The Balaban J connectivity index is 2.33. The molecule has 0 aliphatic carbocycles. The van der Waals surface area contributed by atoms with E-state index in [9.17, 15) is 5.11 Å². The highest BCUT2D eigenvalue weighted by Crippen LogP contribution is 2.06. The molecule has 0 aromatic rings. The SMILES string of the molecule is CC(C)OCCN1CC(CO)NCC1CO. The van der Waals surface area contributed by atoms with Crippen LogP contribution in [0.4, 0.5) is 0 Å². The first-order chi connectivity index (χ1) is 7.67. The molecule has 0 aromatic carbocycles. The number of hydrogen-bond donors (Lipinski definition) is 3. The topological polar surface area (TPSA) is 65.0 Å². The van der Waals surface area contributed by atoms with E-state index in [2.05, 4.69) is 10.2 Å². The van der Waals surface area contributed by atoms with Gasteiger partial charge in [0.25, 0.3) is 0 Å². The van der Waals surface area contributed by atoms with Crippen LogP contribution in [0.5, 0.6) is 0 Å². The summed E-state index contributed by atoms with van der Waals surface area (Å²) in [6.45, 7) is 7.28. The van der Waals surface area contributed by atoms with Crippen molar-refractivity contribution < 1.29 is 14.9 Å². The van der Waals surface area contributed by atoms with Crippen LogP contribution in [0.2, 0.25) is 0 Å². The quantitative estimate of drug-likeness (QED) is 0.550. The summed E-state index contributed by atoms with van der Waals surface area (Å²) in [7, 11) is 0. The fourth-order valence-corrected chi connectivity index (χ4v) is 1.91. The summed E-state index contributed by atoms with van der Waals surface area (Å²) in [5, 5.41) is 21.5. The van der Waals surface area contributed by atoms with Crippen LogP contribution in [0.3, 0.4) is 0 Å². The van der Waals surface area contributed by atoms with Crippen molar-refractivity contribution in [2.24, 2.45) is 0 Å². The largest absolute Gasteiger partial charge is 0.395 e. The van der Waals surface area contributed by atoms with Crippen molar-refractivity contribution >= 4 is 0 Å². The highest BCUT2D eigenvalue weighted by atomic mass is 16.5. The first kappa shape index (κ1) is 13.9. The van der Waals surface area contributed by atoms with Gasteiger partial charge in [0.2, 0.25) is 0 Å². The molecule has 2 unspecified atom stereocenters. The number of nitrogens with zero attached hydrogens (tertiary/aromatic N) is 1. The molecule has 2 atom stereocenters. The lowest BCUT2D eigenvalue weighted by Crippen LogP contribution is -2.59. The minimum atomic E-state index is 0.113. The standard InChI is InChI=1S/C11H24N2O3/c1-9(2)16-4-3-13-6-10(7-14)12-5-11(13)8-15/h9-12,14-15H,3-8H2,1-2H3. The van der Waals surface area contributed by atoms with Crippen molar-refractivity contribution in [2.45, 2.75) is 32.0 Å². The van der Waals surface area contributed by atoms with Crippen molar-refractivity contribution in [2.75, 3.05) is 39.5 Å². The van der Waals surface area contributed by atoms with E-state index in [0.717, 1.165) is 19.6 Å². The van der Waals surface area contributed by atoms with E-state index in [1.165, 1.54) is 0 Å². The molecule has 1 aliphatic rings. The van der Waals surface area contributed by atoms with Crippen molar-refractivity contribution in [1.82, 2.24) is 10.2 Å². The highest BCUT2D eigenvalue weighted by Gasteiger charge is 2.26. The molecule has 5 heteroatoms. The Labute approximate surface area is 97.4 Å². The van der Waals surface area contributed by atoms with Crippen LogP contribution in [0.15, 0.2) is 0 Å². The molecule has 16 heavy (non-hydrogen) atoms. The minimum Gasteiger partial charge on any atom is -0.395 e. The van der Waals surface area contributed by atoms with E-state index in [1.807, 2.05) is 13.8 Å². The minimum absolute atomic E-state index is 0.113. The molecule has 0 bridgehead atoms. The maximum absolute atomic E-state index is 9.24. The summed E-state index contributed by atoms with van der Waals surface area (Å²) in [5.41, 5.74) is 0. The molecule has 0 radical (unpaired) electrons. The number of ether oxygens (including phenoxy) is 1. The lowest BCUT2D eigenvalue weighted by atomic mass is 10.1. The fourth-order valence-electron chi connectivity index (χ4n) is 1.91. The van der Waals surface area contributed by atoms with Crippen LogP contribution in [-0.4, -0.2) is 72.8 Å². The zero-order valence-corrected chi connectivity index (χ0v) is 10.2. The molecule has 3 N–H and O–H groups in total. The molecule has 1 saturated heterocycles. The van der Waals surface area contributed by atoms with Crippen LogP contribution >= 0.6 is 0 Å². The van der Waals surface area contributed by atoms with Gasteiger partial charge >= 0.3 is 0 Å². The number of aliphatic hydroxyl groups is 2. The van der Waals surface area contributed by atoms with Gasteiger partial charge in [0.15, 0.2) is 0 Å². The Morgan fingerprint density at radius 1 is 1.38 bits per heavy atom. The monoisotopic (exact) mass is 232 g/mol. The average molecular weight is 232 g/mol. The second kappa shape index (κ2) is 7.19. The lowest BCUT2D eigenvalue weighted by Gasteiger charge is -2.39. The summed E-state index contributed by atoms with van der Waals surface area (Å²) in [5.74, 6) is 0. The van der Waals surface area contributed by atoms with E-state index >= 15 is 0 Å². The van der Waals surface area contributed by atoms with E-state index in [1.54, 1.807) is 0 Å². The van der Waals surface area contributed by atoms with Gasteiger partial charge in [-0.2, -0.15) is 0 Å². The summed E-state index contributed by atoms with van der Waals surface area (Å²) in [6.07, 6.45) is 0.240. The molecular formula is C11H24N2O3. The number of aliphatic hydroxyl groups excluding tert-OH is 2. The maximum atomic E-state index is 9.24. The maximum Gasteiger partial charge on any atom is 0.0599 e. The molecular weight excluding hydrogens is 208 g/mol. The highest BCUT2D eigenvalue weighted by molar-refractivity contribution is 4.85. The third-order valence-electron chi connectivity index (χ3n) is 2.87. The first-order valence-corrected chi connectivity index (χ1v) is 5.98. The van der Waals surface area contributed by atoms with E-state index in [4.69, 9.17) is 9.84 Å². The average Bonchev–Trinajstić information content (AvgIpc) is 2.28. The Hall–Kier alpha value is -0.200. The van der Waals surface area contributed by atoms with Crippen LogP contribution in [0.1, 0.15) is 13.8 Å². The fraction of sp³-hybridized carbons (Fsp3) is 1.00. The van der Waals surface area contributed by atoms with Crippen molar-refractivity contribution in [3.05, 3.63) is 0 Å². The molecule has 0 amide bonds. The molecule has 1 rings (SSSR count). The third-order valence-corrected chi connectivity index (χ3v) is 2.87. The molecule has 96 valence electrons. The van der Waals surface area contributed by atoms with Gasteiger partial charge in [-0.05, 0) is 13.8 Å². The van der Waals surface area contributed by atoms with Crippen LogP contribution in [0.25, 0.3) is 0 Å². The van der Waals surface area contributed by atoms with Gasteiger partial charge < -0.3 is 20.3 Å². The van der Waals surface area contributed by atoms with E-state index < -0.39 is 0 Å². The second-order valence-corrected chi connectivity index (χ2v) is 4.54. The Morgan fingerprint density at radius 2 is 2.12 bits per heavy atom. The van der Waals surface area contributed by atoms with Gasteiger partial charge in [0.1, 0.15) is 0 Å². The van der Waals surface area contributed by atoms with Gasteiger partial charge in [-0.1, -0.05) is 0 Å². The first-order valence-electron chi connectivity index (χ1n) is 5.98. The molecule has 1 fully saturated rings. The van der Waals surface area contributed by atoms with Crippen LogP contribution < -0.4 is 5.32 Å². The molecule has 0 spiro atoms. The van der Waals surface area contributed by atoms with Crippen molar-refractivity contribution in [3.63, 3.8) is 0 Å². The van der Waals surface area contributed by atoms with Gasteiger partial charge in [-0.15, -0.1) is 0 Å². The lowest BCUT2D eigenvalue weighted by molar-refractivity contribution is 0.0175. The van der Waals surface area contributed by atoms with Crippen LogP contribution in [0, 0.1) is 0 Å². The number of hydrogen-bond acceptors (Lipinski definition) is 5. The normalized spacial score (nSPS) is 27.6. The Bertz CT molecular complexity index is 190. The zero-order valence-electron chi connectivity index (χ0n) is 10.2. The smallest absolute Gasteiger partial charge is 0.0599 e.